The first-order valence-corrected chi connectivity index (χ1v) is 6.83. The lowest BCUT2D eigenvalue weighted by Gasteiger charge is -2.08. The Morgan fingerprint density at radius 3 is 3.00 bits per heavy atom. The van der Waals surface area contributed by atoms with Crippen molar-refractivity contribution in [2.45, 2.75) is 32.1 Å². The Bertz CT molecular complexity index is 454. The van der Waals surface area contributed by atoms with Gasteiger partial charge in [0.15, 0.2) is 0 Å². The third-order valence-electron chi connectivity index (χ3n) is 3.61. The van der Waals surface area contributed by atoms with E-state index in [1.54, 1.807) is 0 Å². The van der Waals surface area contributed by atoms with Gasteiger partial charge >= 0.3 is 0 Å². The summed E-state index contributed by atoms with van der Waals surface area (Å²) in [6, 6.07) is 4.20. The van der Waals surface area contributed by atoms with Gasteiger partial charge in [-0.15, -0.1) is 0 Å². The zero-order valence-electron chi connectivity index (χ0n) is 10.5. The molecule has 0 bridgehead atoms. The van der Waals surface area contributed by atoms with Gasteiger partial charge in [0, 0.05) is 24.7 Å². The van der Waals surface area contributed by atoms with Crippen molar-refractivity contribution in [1.29, 1.82) is 0 Å². The Hall–Kier alpha value is -1.58. The molecule has 0 atom stereocenters. The lowest BCUT2D eigenvalue weighted by Crippen LogP contribution is -2.29. The fraction of sp³-hybridized carbons (Fsp3) is 0.571. The number of hydrogen-bond acceptors (Lipinski definition) is 3. The molecule has 1 amide bonds. The van der Waals surface area contributed by atoms with E-state index in [1.165, 1.54) is 24.1 Å². The highest BCUT2D eigenvalue weighted by molar-refractivity contribution is 5.80. The first kappa shape index (κ1) is 11.5. The van der Waals surface area contributed by atoms with Crippen LogP contribution in [0.4, 0.5) is 5.82 Å². The van der Waals surface area contributed by atoms with Crippen LogP contribution in [0.1, 0.15) is 30.5 Å². The largest absolute Gasteiger partial charge is 0.368 e. The Labute approximate surface area is 107 Å². The van der Waals surface area contributed by atoms with E-state index in [9.17, 15) is 4.79 Å². The smallest absolute Gasteiger partial charge is 0.223 e. The van der Waals surface area contributed by atoms with E-state index in [0.717, 1.165) is 31.6 Å². The van der Waals surface area contributed by atoms with Crippen LogP contribution in [0.2, 0.25) is 0 Å². The summed E-state index contributed by atoms with van der Waals surface area (Å²) < 4.78 is 0. The lowest BCUT2D eigenvalue weighted by atomic mass is 10.2. The highest BCUT2D eigenvalue weighted by atomic mass is 16.2. The van der Waals surface area contributed by atoms with E-state index < -0.39 is 0 Å². The number of carbonyl (C=O) groups is 1. The number of hydrogen-bond donors (Lipinski definition) is 2. The third kappa shape index (κ3) is 2.63. The molecule has 1 heterocycles. The minimum absolute atomic E-state index is 0.207. The Kier molecular flexibility index (Phi) is 3.17. The van der Waals surface area contributed by atoms with E-state index in [2.05, 4.69) is 21.7 Å². The molecule has 3 rings (SSSR count). The van der Waals surface area contributed by atoms with Crippen LogP contribution in [-0.4, -0.2) is 24.0 Å². The number of amides is 1. The number of nitrogens with one attached hydrogen (secondary N) is 2. The number of rotatable bonds is 5. The second-order valence-electron chi connectivity index (χ2n) is 5.15. The molecule has 18 heavy (non-hydrogen) atoms. The van der Waals surface area contributed by atoms with Crippen molar-refractivity contribution in [3.05, 3.63) is 23.4 Å². The van der Waals surface area contributed by atoms with E-state index >= 15 is 0 Å². The average molecular weight is 245 g/mol. The predicted molar refractivity (Wildman–Crippen MR) is 70.5 cm³/mol. The van der Waals surface area contributed by atoms with Gasteiger partial charge in [0.05, 0.1) is 0 Å². The minimum Gasteiger partial charge on any atom is -0.368 e. The molecule has 0 unspecified atom stereocenters. The molecule has 1 fully saturated rings. The van der Waals surface area contributed by atoms with E-state index in [4.69, 9.17) is 0 Å². The molecule has 1 aromatic rings. The number of aryl methyl sites for hydroxylation is 2. The molecule has 0 radical (unpaired) electrons. The second-order valence-corrected chi connectivity index (χ2v) is 5.15. The molecule has 0 saturated heterocycles. The SMILES string of the molecule is O=C(NCCNc1ccc2c(n1)CCC2)C1CC1. The normalized spacial score (nSPS) is 17.3. The van der Waals surface area contributed by atoms with Crippen molar-refractivity contribution < 1.29 is 4.79 Å². The molecule has 1 saturated carbocycles. The third-order valence-corrected chi connectivity index (χ3v) is 3.61. The molecule has 0 spiro atoms. The molecule has 2 aliphatic carbocycles. The van der Waals surface area contributed by atoms with Crippen molar-refractivity contribution in [1.82, 2.24) is 10.3 Å². The minimum atomic E-state index is 0.207. The number of anilines is 1. The first-order valence-electron chi connectivity index (χ1n) is 6.83. The zero-order valence-corrected chi connectivity index (χ0v) is 10.5. The van der Waals surface area contributed by atoms with Gasteiger partial charge < -0.3 is 10.6 Å². The molecular formula is C14H19N3O. The van der Waals surface area contributed by atoms with E-state index in [1.807, 2.05) is 6.07 Å². The molecule has 2 N–H and O–H groups in total. The highest BCUT2D eigenvalue weighted by Crippen LogP contribution is 2.28. The lowest BCUT2D eigenvalue weighted by molar-refractivity contribution is -0.122. The summed E-state index contributed by atoms with van der Waals surface area (Å²) in [5.41, 5.74) is 2.63. The molecule has 4 heteroatoms. The predicted octanol–water partition coefficient (Wildman–Crippen LogP) is 1.51. The van der Waals surface area contributed by atoms with Crippen LogP contribution in [0.3, 0.4) is 0 Å². The van der Waals surface area contributed by atoms with Crippen LogP contribution in [0.25, 0.3) is 0 Å². The van der Waals surface area contributed by atoms with Crippen LogP contribution in [0, 0.1) is 5.92 Å². The van der Waals surface area contributed by atoms with Crippen LogP contribution in [0.15, 0.2) is 12.1 Å². The summed E-state index contributed by atoms with van der Waals surface area (Å²) in [7, 11) is 0. The van der Waals surface area contributed by atoms with Gasteiger partial charge in [0.1, 0.15) is 5.82 Å². The number of carbonyl (C=O) groups excluding carboxylic acids is 1. The van der Waals surface area contributed by atoms with Crippen molar-refractivity contribution in [2.75, 3.05) is 18.4 Å². The highest BCUT2D eigenvalue weighted by Gasteiger charge is 2.28. The molecule has 0 aromatic carbocycles. The van der Waals surface area contributed by atoms with Crippen molar-refractivity contribution in [2.24, 2.45) is 5.92 Å². The standard InChI is InChI=1S/C14H19N3O/c18-14(11-4-5-11)16-9-8-15-13-7-6-10-2-1-3-12(10)17-13/h6-7,11H,1-5,8-9H2,(H,15,17)(H,16,18). The van der Waals surface area contributed by atoms with Gasteiger partial charge in [-0.25, -0.2) is 4.98 Å². The Balaban J connectivity index is 1.43. The maximum Gasteiger partial charge on any atom is 0.223 e. The number of nitrogens with zero attached hydrogens (tertiary/aromatic N) is 1. The van der Waals surface area contributed by atoms with E-state index in [0.29, 0.717) is 12.5 Å². The number of fused-ring (bicyclic) bond motifs is 1. The number of pyridine rings is 1. The maximum atomic E-state index is 11.4. The van der Waals surface area contributed by atoms with Crippen molar-refractivity contribution in [3.8, 4) is 0 Å². The quantitative estimate of drug-likeness (QED) is 0.773. The molecule has 2 aliphatic rings. The summed E-state index contributed by atoms with van der Waals surface area (Å²) in [6.45, 7) is 1.42. The van der Waals surface area contributed by atoms with Gasteiger partial charge in [-0.05, 0) is 43.7 Å². The topological polar surface area (TPSA) is 54.0 Å². The fourth-order valence-electron chi connectivity index (χ4n) is 2.39. The molecular weight excluding hydrogens is 226 g/mol. The maximum absolute atomic E-state index is 11.4. The summed E-state index contributed by atoms with van der Waals surface area (Å²) >= 11 is 0. The second kappa shape index (κ2) is 4.96. The summed E-state index contributed by atoms with van der Waals surface area (Å²) in [5, 5.41) is 6.20. The first-order chi connectivity index (χ1) is 8.83. The fourth-order valence-corrected chi connectivity index (χ4v) is 2.39. The van der Waals surface area contributed by atoms with Crippen LogP contribution < -0.4 is 10.6 Å². The molecule has 96 valence electrons. The van der Waals surface area contributed by atoms with Gasteiger partial charge in [0.25, 0.3) is 0 Å². The summed E-state index contributed by atoms with van der Waals surface area (Å²) in [5.74, 6) is 1.43. The average Bonchev–Trinajstić information content (AvgIpc) is 3.13. The zero-order chi connectivity index (χ0) is 12.4. The summed E-state index contributed by atoms with van der Waals surface area (Å²) in [6.07, 6.45) is 5.61. The van der Waals surface area contributed by atoms with Gasteiger partial charge in [-0.1, -0.05) is 6.07 Å². The van der Waals surface area contributed by atoms with Gasteiger partial charge in [-0.3, -0.25) is 4.79 Å². The molecule has 1 aromatic heterocycles. The van der Waals surface area contributed by atoms with Crippen LogP contribution in [0.5, 0.6) is 0 Å². The van der Waals surface area contributed by atoms with Crippen LogP contribution >= 0.6 is 0 Å². The Morgan fingerprint density at radius 1 is 1.28 bits per heavy atom. The summed E-state index contributed by atoms with van der Waals surface area (Å²) in [4.78, 5) is 16.0. The van der Waals surface area contributed by atoms with Crippen molar-refractivity contribution in [3.63, 3.8) is 0 Å². The number of aromatic nitrogens is 1. The van der Waals surface area contributed by atoms with Crippen molar-refractivity contribution >= 4 is 11.7 Å². The monoisotopic (exact) mass is 245 g/mol. The van der Waals surface area contributed by atoms with Gasteiger partial charge in [0.2, 0.25) is 5.91 Å². The van der Waals surface area contributed by atoms with Crippen LogP contribution in [-0.2, 0) is 17.6 Å². The van der Waals surface area contributed by atoms with Gasteiger partial charge in [-0.2, -0.15) is 0 Å². The van der Waals surface area contributed by atoms with E-state index in [-0.39, 0.29) is 5.91 Å². The molecule has 0 aliphatic heterocycles. The Morgan fingerprint density at radius 2 is 2.17 bits per heavy atom. The molecule has 4 nitrogen and oxygen atoms in total.